The van der Waals surface area contributed by atoms with Crippen molar-refractivity contribution in [2.24, 2.45) is 0 Å². The predicted molar refractivity (Wildman–Crippen MR) is 108 cm³/mol. The van der Waals surface area contributed by atoms with Gasteiger partial charge in [0, 0.05) is 11.6 Å². The van der Waals surface area contributed by atoms with Crippen molar-refractivity contribution in [3.05, 3.63) is 113 Å². The van der Waals surface area contributed by atoms with Crippen LogP contribution in [0.25, 0.3) is 22.3 Å². The van der Waals surface area contributed by atoms with Gasteiger partial charge in [0.25, 0.3) is 0 Å². The third-order valence-electron chi connectivity index (χ3n) is 4.87. The van der Waals surface area contributed by atoms with Crippen LogP contribution in [0.3, 0.4) is 0 Å². The fourth-order valence-corrected chi connectivity index (χ4v) is 3.22. The van der Waals surface area contributed by atoms with E-state index in [0.717, 1.165) is 6.07 Å². The Bertz CT molecular complexity index is 1240. The molecule has 7 heteroatoms. The number of benzene rings is 4. The summed E-state index contributed by atoms with van der Waals surface area (Å²) in [6.07, 6.45) is 0. The van der Waals surface area contributed by atoms with Gasteiger partial charge >= 0.3 is 0 Å². The van der Waals surface area contributed by atoms with Crippen molar-refractivity contribution in [3.8, 4) is 28.0 Å². The van der Waals surface area contributed by atoms with Gasteiger partial charge in [-0.3, -0.25) is 0 Å². The molecule has 1 nitrogen and oxygen atoms in total. The molecule has 0 radical (unpaired) electrons. The van der Waals surface area contributed by atoms with E-state index in [1.54, 1.807) is 30.3 Å². The summed E-state index contributed by atoms with van der Waals surface area (Å²) in [6.45, 7) is -0.509. The molecule has 32 heavy (non-hydrogen) atoms. The minimum Gasteiger partial charge on any atom is -0.489 e. The zero-order chi connectivity index (χ0) is 22.8. The Labute approximate surface area is 179 Å². The molecule has 0 unspecified atom stereocenters. The van der Waals surface area contributed by atoms with Gasteiger partial charge < -0.3 is 4.74 Å². The lowest BCUT2D eigenvalue weighted by molar-refractivity contribution is 0.291. The highest BCUT2D eigenvalue weighted by molar-refractivity contribution is 5.65. The molecule has 0 bridgehead atoms. The summed E-state index contributed by atoms with van der Waals surface area (Å²) >= 11 is 0. The average Bonchev–Trinajstić information content (AvgIpc) is 2.77. The highest BCUT2D eigenvalue weighted by atomic mass is 19.2. The third-order valence-corrected chi connectivity index (χ3v) is 4.87. The monoisotopic (exact) mass is 444 g/mol. The van der Waals surface area contributed by atoms with Gasteiger partial charge in [0.05, 0.1) is 5.56 Å². The molecule has 0 aromatic heterocycles. The summed E-state index contributed by atoms with van der Waals surface area (Å²) in [4.78, 5) is 0. The summed E-state index contributed by atoms with van der Waals surface area (Å²) in [5.41, 5.74) is 0.262. The Balaban J connectivity index is 1.54. The summed E-state index contributed by atoms with van der Waals surface area (Å²) in [5.74, 6) is -7.17. The topological polar surface area (TPSA) is 9.23 Å². The van der Waals surface area contributed by atoms with Gasteiger partial charge in [-0.2, -0.15) is 0 Å². The van der Waals surface area contributed by atoms with Crippen LogP contribution in [0.5, 0.6) is 5.75 Å². The second kappa shape index (κ2) is 8.78. The van der Waals surface area contributed by atoms with Gasteiger partial charge in [0.2, 0.25) is 0 Å². The van der Waals surface area contributed by atoms with Crippen LogP contribution in [0, 0.1) is 34.9 Å². The van der Waals surface area contributed by atoms with E-state index in [0.29, 0.717) is 23.3 Å². The average molecular weight is 444 g/mol. The number of ether oxygens (including phenoxy) is 1. The van der Waals surface area contributed by atoms with E-state index in [1.165, 1.54) is 24.3 Å². The molecule has 4 aromatic carbocycles. The largest absolute Gasteiger partial charge is 0.489 e. The van der Waals surface area contributed by atoms with Crippen LogP contribution >= 0.6 is 0 Å². The van der Waals surface area contributed by atoms with Crippen LogP contribution < -0.4 is 4.74 Å². The van der Waals surface area contributed by atoms with E-state index in [4.69, 9.17) is 4.74 Å². The molecule has 0 aliphatic carbocycles. The molecule has 0 fully saturated rings. The third kappa shape index (κ3) is 4.32. The standard InChI is InChI=1S/C25H14F6O/c26-20-8-15(14-4-2-1-3-5-14)9-21(27)19(20)13-32-17-6-7-18(22(28)12-17)16-10-23(29)25(31)24(30)11-16/h1-12H,13H2. The smallest absolute Gasteiger partial charge is 0.194 e. The Morgan fingerprint density at radius 3 is 1.72 bits per heavy atom. The van der Waals surface area contributed by atoms with Crippen LogP contribution in [0.1, 0.15) is 5.56 Å². The molecule has 162 valence electrons. The van der Waals surface area contributed by atoms with Crippen LogP contribution in [-0.2, 0) is 6.61 Å². The molecule has 4 rings (SSSR count). The van der Waals surface area contributed by atoms with E-state index in [-0.39, 0.29) is 22.4 Å². The van der Waals surface area contributed by atoms with Gasteiger partial charge in [-0.15, -0.1) is 0 Å². The predicted octanol–water partition coefficient (Wildman–Crippen LogP) is 7.43. The first-order valence-electron chi connectivity index (χ1n) is 9.44. The summed E-state index contributed by atoms with van der Waals surface area (Å²) in [7, 11) is 0. The summed E-state index contributed by atoms with van der Waals surface area (Å²) in [5, 5.41) is 0. The summed E-state index contributed by atoms with van der Waals surface area (Å²) in [6, 6.07) is 15.7. The Kier molecular flexibility index (Phi) is 5.90. The maximum absolute atomic E-state index is 14.5. The molecule has 0 aliphatic rings. The van der Waals surface area contributed by atoms with Crippen molar-refractivity contribution in [3.63, 3.8) is 0 Å². The van der Waals surface area contributed by atoms with Crippen LogP contribution in [0.2, 0.25) is 0 Å². The minimum atomic E-state index is -1.66. The lowest BCUT2D eigenvalue weighted by atomic mass is 10.0. The normalized spacial score (nSPS) is 10.9. The van der Waals surface area contributed by atoms with Gasteiger partial charge in [-0.1, -0.05) is 30.3 Å². The maximum Gasteiger partial charge on any atom is 0.194 e. The Hall–Kier alpha value is -3.74. The lowest BCUT2D eigenvalue weighted by Gasteiger charge is -2.12. The molecule has 0 aliphatic heterocycles. The quantitative estimate of drug-likeness (QED) is 0.230. The molecule has 0 saturated carbocycles. The number of halogens is 6. The highest BCUT2D eigenvalue weighted by Gasteiger charge is 2.16. The highest BCUT2D eigenvalue weighted by Crippen LogP contribution is 2.30. The second-order valence-electron chi connectivity index (χ2n) is 6.97. The molecular weight excluding hydrogens is 430 g/mol. The maximum atomic E-state index is 14.5. The van der Waals surface area contributed by atoms with E-state index in [2.05, 4.69) is 0 Å². The first-order chi connectivity index (χ1) is 15.3. The van der Waals surface area contributed by atoms with E-state index >= 15 is 0 Å². The number of hydrogen-bond acceptors (Lipinski definition) is 1. The van der Waals surface area contributed by atoms with Crippen LogP contribution in [-0.4, -0.2) is 0 Å². The van der Waals surface area contributed by atoms with E-state index < -0.39 is 41.5 Å². The van der Waals surface area contributed by atoms with E-state index in [9.17, 15) is 26.3 Å². The van der Waals surface area contributed by atoms with Crippen molar-refractivity contribution in [2.75, 3.05) is 0 Å². The molecule has 0 saturated heterocycles. The van der Waals surface area contributed by atoms with Crippen molar-refractivity contribution in [1.29, 1.82) is 0 Å². The van der Waals surface area contributed by atoms with E-state index in [1.807, 2.05) is 0 Å². The molecule has 0 amide bonds. The summed E-state index contributed by atoms with van der Waals surface area (Å²) < 4.78 is 88.7. The first-order valence-corrected chi connectivity index (χ1v) is 9.44. The number of hydrogen-bond donors (Lipinski definition) is 0. The first kappa shape index (κ1) is 21.5. The van der Waals surface area contributed by atoms with Gasteiger partial charge in [-0.05, 0) is 53.1 Å². The van der Waals surface area contributed by atoms with Crippen molar-refractivity contribution >= 4 is 0 Å². The Morgan fingerprint density at radius 2 is 1.12 bits per heavy atom. The molecule has 0 N–H and O–H groups in total. The minimum absolute atomic E-state index is 0.0553. The van der Waals surface area contributed by atoms with Crippen molar-refractivity contribution in [2.45, 2.75) is 6.61 Å². The van der Waals surface area contributed by atoms with Gasteiger partial charge in [0.15, 0.2) is 17.5 Å². The molecule has 0 spiro atoms. The van der Waals surface area contributed by atoms with Gasteiger partial charge in [0.1, 0.15) is 29.8 Å². The molecule has 0 heterocycles. The van der Waals surface area contributed by atoms with Gasteiger partial charge in [-0.25, -0.2) is 26.3 Å². The zero-order valence-corrected chi connectivity index (χ0v) is 16.3. The fourth-order valence-electron chi connectivity index (χ4n) is 3.22. The molecule has 4 aromatic rings. The van der Waals surface area contributed by atoms with Crippen LogP contribution in [0.4, 0.5) is 26.3 Å². The van der Waals surface area contributed by atoms with Crippen molar-refractivity contribution < 1.29 is 31.1 Å². The number of rotatable bonds is 5. The SMILES string of the molecule is Fc1cc(OCc2c(F)cc(-c3ccccc3)cc2F)ccc1-c1cc(F)c(F)c(F)c1. The lowest BCUT2D eigenvalue weighted by Crippen LogP contribution is -2.03. The fraction of sp³-hybridized carbons (Fsp3) is 0.0400. The molecular formula is C25H14F6O. The molecule has 0 atom stereocenters. The van der Waals surface area contributed by atoms with Crippen LogP contribution in [0.15, 0.2) is 72.8 Å². The zero-order valence-electron chi connectivity index (χ0n) is 16.3. The van der Waals surface area contributed by atoms with Crippen molar-refractivity contribution in [1.82, 2.24) is 0 Å². The Morgan fingerprint density at radius 1 is 0.531 bits per heavy atom. The second-order valence-corrected chi connectivity index (χ2v) is 6.97.